The van der Waals surface area contributed by atoms with Crippen molar-refractivity contribution in [2.24, 2.45) is 0 Å². The molecule has 0 aliphatic carbocycles. The Hall–Kier alpha value is -1.49. The van der Waals surface area contributed by atoms with E-state index in [1.54, 1.807) is 4.57 Å². The smallest absolute Gasteiger partial charge is 0.341 e. The van der Waals surface area contributed by atoms with Gasteiger partial charge in [0.05, 0.1) is 12.1 Å². The Kier molecular flexibility index (Phi) is 4.37. The molecule has 0 radical (unpaired) electrons. The zero-order valence-electron chi connectivity index (χ0n) is 8.77. The van der Waals surface area contributed by atoms with Gasteiger partial charge in [-0.2, -0.15) is 0 Å². The van der Waals surface area contributed by atoms with Gasteiger partial charge in [-0.15, -0.1) is 11.6 Å². The monoisotopic (exact) mass is 245 g/mol. The van der Waals surface area contributed by atoms with Crippen molar-refractivity contribution in [3.63, 3.8) is 0 Å². The van der Waals surface area contributed by atoms with Gasteiger partial charge < -0.3 is 14.4 Å². The molecule has 1 aromatic heterocycles. The third-order valence-corrected chi connectivity index (χ3v) is 2.29. The molecule has 1 heterocycles. The number of nitrogens with zero attached hydrogens (tertiary/aromatic N) is 1. The Bertz CT molecular complexity index is 441. The summed E-state index contributed by atoms with van der Waals surface area (Å²) in [5.41, 5.74) is 0.318. The second-order valence-electron chi connectivity index (χ2n) is 3.10. The van der Waals surface area contributed by atoms with Crippen molar-refractivity contribution >= 4 is 17.6 Å². The lowest BCUT2D eigenvalue weighted by Gasteiger charge is -2.11. The molecule has 0 bridgehead atoms. The van der Waals surface area contributed by atoms with Crippen LogP contribution in [-0.2, 0) is 17.2 Å². The first kappa shape index (κ1) is 12.6. The van der Waals surface area contributed by atoms with E-state index in [-0.39, 0.29) is 17.1 Å². The third kappa shape index (κ3) is 3.00. The molecular weight excluding hydrogens is 234 g/mol. The average Bonchev–Trinajstić information content (AvgIpc) is 2.26. The second kappa shape index (κ2) is 5.55. The molecule has 0 aliphatic rings. The normalized spacial score (nSPS) is 10.1. The summed E-state index contributed by atoms with van der Waals surface area (Å²) < 4.78 is 6.61. The van der Waals surface area contributed by atoms with Gasteiger partial charge in [0, 0.05) is 18.3 Å². The third-order valence-electron chi connectivity index (χ3n) is 2.01. The van der Waals surface area contributed by atoms with Crippen LogP contribution in [0.5, 0.6) is 5.75 Å². The maximum absolute atomic E-state index is 11.5. The standard InChI is InChI=1S/C10H12ClNO4/c1-2-12-5-9(16-6-10(14)15)8(13)3-7(12)4-11/h3,5H,2,4,6H2,1H3,(H,14,15). The number of alkyl halides is 1. The molecule has 1 N–H and O–H groups in total. The van der Waals surface area contributed by atoms with E-state index >= 15 is 0 Å². The highest BCUT2D eigenvalue weighted by Gasteiger charge is 2.07. The van der Waals surface area contributed by atoms with Gasteiger partial charge in [-0.3, -0.25) is 4.79 Å². The zero-order chi connectivity index (χ0) is 12.1. The molecular formula is C10H12ClNO4. The van der Waals surface area contributed by atoms with Gasteiger partial charge in [0.1, 0.15) is 0 Å². The lowest BCUT2D eigenvalue weighted by atomic mass is 10.3. The van der Waals surface area contributed by atoms with Crippen molar-refractivity contribution in [3.8, 4) is 5.75 Å². The van der Waals surface area contributed by atoms with E-state index in [4.69, 9.17) is 21.4 Å². The number of hydrogen-bond donors (Lipinski definition) is 1. The minimum atomic E-state index is -1.12. The number of aliphatic carboxylic acids is 1. The van der Waals surface area contributed by atoms with Crippen molar-refractivity contribution in [1.29, 1.82) is 0 Å². The molecule has 0 aromatic carbocycles. The summed E-state index contributed by atoms with van der Waals surface area (Å²) in [6.07, 6.45) is 1.48. The molecule has 0 saturated carbocycles. The summed E-state index contributed by atoms with van der Waals surface area (Å²) in [6, 6.07) is 1.35. The summed E-state index contributed by atoms with van der Waals surface area (Å²) >= 11 is 5.67. The van der Waals surface area contributed by atoms with Gasteiger partial charge >= 0.3 is 5.97 Å². The Balaban J connectivity index is 3.02. The van der Waals surface area contributed by atoms with Crippen molar-refractivity contribution in [3.05, 3.63) is 28.2 Å². The number of halogens is 1. The van der Waals surface area contributed by atoms with E-state index in [1.165, 1.54) is 12.3 Å². The van der Waals surface area contributed by atoms with Crippen LogP contribution < -0.4 is 10.2 Å². The fraction of sp³-hybridized carbons (Fsp3) is 0.400. The minimum absolute atomic E-state index is 0.0260. The van der Waals surface area contributed by atoms with Gasteiger partial charge in [-0.05, 0) is 6.92 Å². The van der Waals surface area contributed by atoms with Crippen LogP contribution in [0.3, 0.4) is 0 Å². The second-order valence-corrected chi connectivity index (χ2v) is 3.36. The average molecular weight is 246 g/mol. The molecule has 0 aliphatic heterocycles. The van der Waals surface area contributed by atoms with Crippen molar-refractivity contribution in [1.82, 2.24) is 4.57 Å². The van der Waals surface area contributed by atoms with Crippen LogP contribution in [0.2, 0.25) is 0 Å². The quantitative estimate of drug-likeness (QED) is 0.788. The van der Waals surface area contributed by atoms with Gasteiger partial charge in [0.15, 0.2) is 12.4 Å². The van der Waals surface area contributed by atoms with Crippen LogP contribution >= 0.6 is 11.6 Å². The van der Waals surface area contributed by atoms with Crippen molar-refractivity contribution < 1.29 is 14.6 Å². The number of aromatic nitrogens is 1. The first-order valence-electron chi connectivity index (χ1n) is 4.72. The Morgan fingerprint density at radius 1 is 1.62 bits per heavy atom. The van der Waals surface area contributed by atoms with Crippen LogP contribution in [-0.4, -0.2) is 22.2 Å². The largest absolute Gasteiger partial charge is 0.479 e. The first-order valence-corrected chi connectivity index (χ1v) is 5.25. The van der Waals surface area contributed by atoms with Crippen LogP contribution in [0.1, 0.15) is 12.6 Å². The number of carboxylic acids is 1. The lowest BCUT2D eigenvalue weighted by Crippen LogP contribution is -2.18. The predicted octanol–water partition coefficient (Wildman–Crippen LogP) is 1.07. The highest BCUT2D eigenvalue weighted by Crippen LogP contribution is 2.09. The van der Waals surface area contributed by atoms with Gasteiger partial charge in [-0.25, -0.2) is 4.79 Å². The molecule has 0 spiro atoms. The Morgan fingerprint density at radius 3 is 2.81 bits per heavy atom. The lowest BCUT2D eigenvalue weighted by molar-refractivity contribution is -0.139. The number of ether oxygens (including phenoxy) is 1. The summed E-state index contributed by atoms with van der Waals surface area (Å²) in [6.45, 7) is 1.99. The minimum Gasteiger partial charge on any atom is -0.479 e. The number of hydrogen-bond acceptors (Lipinski definition) is 3. The first-order chi connectivity index (χ1) is 7.58. The molecule has 88 valence electrons. The highest BCUT2D eigenvalue weighted by molar-refractivity contribution is 6.16. The van der Waals surface area contributed by atoms with Crippen molar-refractivity contribution in [2.75, 3.05) is 6.61 Å². The fourth-order valence-electron chi connectivity index (χ4n) is 1.25. The van der Waals surface area contributed by atoms with E-state index in [0.29, 0.717) is 12.2 Å². The molecule has 0 saturated heterocycles. The molecule has 6 heteroatoms. The molecule has 0 unspecified atom stereocenters. The van der Waals surface area contributed by atoms with E-state index in [1.807, 2.05) is 6.92 Å². The Labute approximate surface area is 97.2 Å². The van der Waals surface area contributed by atoms with Crippen LogP contribution in [0, 0.1) is 0 Å². The summed E-state index contributed by atoms with van der Waals surface area (Å²) in [7, 11) is 0. The summed E-state index contributed by atoms with van der Waals surface area (Å²) in [5, 5.41) is 8.44. The van der Waals surface area contributed by atoms with E-state index in [9.17, 15) is 9.59 Å². The predicted molar refractivity (Wildman–Crippen MR) is 59.1 cm³/mol. The number of rotatable bonds is 5. The maximum Gasteiger partial charge on any atom is 0.341 e. The summed E-state index contributed by atoms with van der Waals surface area (Å²) in [5.74, 6) is -0.871. The van der Waals surface area contributed by atoms with Gasteiger partial charge in [0.25, 0.3) is 0 Å². The number of pyridine rings is 1. The highest BCUT2D eigenvalue weighted by atomic mass is 35.5. The molecule has 5 nitrogen and oxygen atoms in total. The van der Waals surface area contributed by atoms with E-state index < -0.39 is 12.6 Å². The fourth-order valence-corrected chi connectivity index (χ4v) is 1.48. The Morgan fingerprint density at radius 2 is 2.31 bits per heavy atom. The zero-order valence-corrected chi connectivity index (χ0v) is 9.53. The molecule has 0 amide bonds. The van der Waals surface area contributed by atoms with Gasteiger partial charge in [-0.1, -0.05) is 0 Å². The van der Waals surface area contributed by atoms with Crippen molar-refractivity contribution in [2.45, 2.75) is 19.3 Å². The maximum atomic E-state index is 11.5. The number of carboxylic acid groups (broad SMARTS) is 1. The van der Waals surface area contributed by atoms with E-state index in [0.717, 1.165) is 0 Å². The topological polar surface area (TPSA) is 68.5 Å². The molecule has 1 rings (SSSR count). The summed E-state index contributed by atoms with van der Waals surface area (Å²) in [4.78, 5) is 21.8. The van der Waals surface area contributed by atoms with Crippen LogP contribution in [0.4, 0.5) is 0 Å². The number of aryl methyl sites for hydroxylation is 1. The molecule has 0 fully saturated rings. The number of carbonyl (C=O) groups is 1. The molecule has 1 aromatic rings. The SMILES string of the molecule is CCn1cc(OCC(=O)O)c(=O)cc1CCl. The molecule has 16 heavy (non-hydrogen) atoms. The van der Waals surface area contributed by atoms with Crippen LogP contribution in [0.25, 0.3) is 0 Å². The molecule has 0 atom stereocenters. The van der Waals surface area contributed by atoms with Gasteiger partial charge in [0.2, 0.25) is 5.43 Å². The van der Waals surface area contributed by atoms with E-state index in [2.05, 4.69) is 0 Å². The van der Waals surface area contributed by atoms with Crippen LogP contribution in [0.15, 0.2) is 17.1 Å².